The maximum Gasteiger partial charge on any atom is 0.336 e. The van der Waals surface area contributed by atoms with Crippen molar-refractivity contribution in [2.24, 2.45) is 4.99 Å². The maximum absolute atomic E-state index is 13.4. The highest BCUT2D eigenvalue weighted by molar-refractivity contribution is 8.15. The molecule has 1 aliphatic rings. The monoisotopic (exact) mass is 604 g/mol. The molecule has 212 valence electrons. The summed E-state index contributed by atoms with van der Waals surface area (Å²) in [6, 6.07) is 28.8. The molecule has 2 aromatic heterocycles. The Morgan fingerprint density at radius 1 is 0.977 bits per heavy atom. The van der Waals surface area contributed by atoms with Crippen LogP contribution in [0.3, 0.4) is 0 Å². The van der Waals surface area contributed by atoms with Crippen molar-refractivity contribution in [3.8, 4) is 11.3 Å². The van der Waals surface area contributed by atoms with Crippen LogP contribution >= 0.6 is 23.1 Å². The second kappa shape index (κ2) is 12.0. The first-order chi connectivity index (χ1) is 20.9. The van der Waals surface area contributed by atoms with Crippen LogP contribution in [0.4, 0.5) is 11.4 Å². The SMILES string of the molecule is CC(SC1=N/C(=C\c2cccs2)C(=O)N1c1ccccc1)C(=O)Nc1ccc(-c2cc(C(=O)O)c3ccccc3n2)cc1. The predicted molar refractivity (Wildman–Crippen MR) is 173 cm³/mol. The molecule has 0 saturated heterocycles. The Labute approximate surface area is 255 Å². The summed E-state index contributed by atoms with van der Waals surface area (Å²) < 4.78 is 0. The highest BCUT2D eigenvalue weighted by Gasteiger charge is 2.34. The molecule has 2 amide bonds. The molecular weight excluding hydrogens is 581 g/mol. The van der Waals surface area contributed by atoms with Crippen molar-refractivity contribution >= 4 is 74.4 Å². The number of amidine groups is 1. The maximum atomic E-state index is 13.4. The quantitative estimate of drug-likeness (QED) is 0.191. The Hall–Kier alpha value is -5.06. The molecule has 6 rings (SSSR count). The fraction of sp³-hybridized carbons (Fsp3) is 0.0606. The third-order valence-electron chi connectivity index (χ3n) is 6.71. The molecule has 8 nitrogen and oxygen atoms in total. The number of anilines is 2. The van der Waals surface area contributed by atoms with Gasteiger partial charge in [-0.1, -0.05) is 66.4 Å². The van der Waals surface area contributed by atoms with Crippen molar-refractivity contribution in [1.29, 1.82) is 0 Å². The van der Waals surface area contributed by atoms with E-state index < -0.39 is 11.2 Å². The number of pyridine rings is 1. The lowest BCUT2D eigenvalue weighted by molar-refractivity contribution is -0.115. The van der Waals surface area contributed by atoms with Gasteiger partial charge in [-0.25, -0.2) is 14.8 Å². The first kappa shape index (κ1) is 28.1. The first-order valence-corrected chi connectivity index (χ1v) is 15.1. The fourth-order valence-electron chi connectivity index (χ4n) is 4.57. The minimum Gasteiger partial charge on any atom is -0.478 e. The fourth-order valence-corrected chi connectivity index (χ4v) is 6.15. The normalized spacial score (nSPS) is 14.6. The van der Waals surface area contributed by atoms with E-state index in [9.17, 15) is 19.5 Å². The number of nitrogens with zero attached hydrogens (tertiary/aromatic N) is 3. The number of hydrogen-bond acceptors (Lipinski definition) is 7. The van der Waals surface area contributed by atoms with Gasteiger partial charge in [0.1, 0.15) is 5.70 Å². The molecule has 0 fully saturated rings. The highest BCUT2D eigenvalue weighted by atomic mass is 32.2. The topological polar surface area (TPSA) is 112 Å². The average molecular weight is 605 g/mol. The Balaban J connectivity index is 1.19. The van der Waals surface area contributed by atoms with E-state index in [0.29, 0.717) is 38.8 Å². The summed E-state index contributed by atoms with van der Waals surface area (Å²) in [5.41, 5.74) is 3.56. The summed E-state index contributed by atoms with van der Waals surface area (Å²) in [5.74, 6) is -1.53. The lowest BCUT2D eigenvalue weighted by Gasteiger charge is -2.20. The Kier molecular flexibility index (Phi) is 7.86. The Morgan fingerprint density at radius 2 is 1.72 bits per heavy atom. The van der Waals surface area contributed by atoms with Gasteiger partial charge in [-0.05, 0) is 60.8 Å². The van der Waals surface area contributed by atoms with Gasteiger partial charge in [0, 0.05) is 21.5 Å². The van der Waals surface area contributed by atoms with E-state index in [1.807, 2.05) is 53.9 Å². The van der Waals surface area contributed by atoms with Crippen LogP contribution in [0.15, 0.2) is 113 Å². The molecule has 0 spiro atoms. The smallest absolute Gasteiger partial charge is 0.336 e. The number of hydrogen-bond donors (Lipinski definition) is 2. The van der Waals surface area contributed by atoms with Gasteiger partial charge in [0.2, 0.25) is 5.91 Å². The number of benzene rings is 3. The number of fused-ring (bicyclic) bond motifs is 1. The Bertz CT molecular complexity index is 1900. The van der Waals surface area contributed by atoms with Gasteiger partial charge >= 0.3 is 5.97 Å². The summed E-state index contributed by atoms with van der Waals surface area (Å²) in [5, 5.41) is 15.0. The van der Waals surface area contributed by atoms with Crippen LogP contribution in [0, 0.1) is 0 Å². The van der Waals surface area contributed by atoms with Crippen molar-refractivity contribution in [2.45, 2.75) is 12.2 Å². The highest BCUT2D eigenvalue weighted by Crippen LogP contribution is 2.32. The summed E-state index contributed by atoms with van der Waals surface area (Å²) in [7, 11) is 0. The zero-order valence-electron chi connectivity index (χ0n) is 22.8. The summed E-state index contributed by atoms with van der Waals surface area (Å²) in [6.45, 7) is 1.76. The minimum atomic E-state index is -1.02. The van der Waals surface area contributed by atoms with E-state index in [1.54, 1.807) is 61.5 Å². The van der Waals surface area contributed by atoms with Crippen LogP contribution in [0.25, 0.3) is 28.2 Å². The molecule has 1 unspecified atom stereocenters. The molecule has 0 bridgehead atoms. The van der Waals surface area contributed by atoms with Crippen LogP contribution in [0.1, 0.15) is 22.2 Å². The van der Waals surface area contributed by atoms with Gasteiger partial charge in [-0.3, -0.25) is 14.5 Å². The van der Waals surface area contributed by atoms with Crippen LogP contribution in [-0.2, 0) is 9.59 Å². The number of carboxylic acid groups (broad SMARTS) is 1. The van der Waals surface area contributed by atoms with Crippen LogP contribution in [0.5, 0.6) is 0 Å². The molecule has 5 aromatic rings. The number of thiophene rings is 1. The number of aliphatic imine (C=N–C) groups is 1. The van der Waals surface area contributed by atoms with Crippen LogP contribution in [0.2, 0.25) is 0 Å². The molecule has 0 aliphatic carbocycles. The molecule has 2 N–H and O–H groups in total. The number of rotatable bonds is 7. The molecular formula is C33H24N4O4S2. The first-order valence-electron chi connectivity index (χ1n) is 13.3. The zero-order chi connectivity index (χ0) is 29.9. The predicted octanol–water partition coefficient (Wildman–Crippen LogP) is 7.17. The second-order valence-electron chi connectivity index (χ2n) is 9.62. The number of carboxylic acids is 1. The van der Waals surface area contributed by atoms with Crippen LogP contribution in [-0.4, -0.2) is 38.3 Å². The number of para-hydroxylation sites is 2. The van der Waals surface area contributed by atoms with E-state index >= 15 is 0 Å². The van der Waals surface area contributed by atoms with Crippen molar-refractivity contribution in [3.05, 3.63) is 119 Å². The van der Waals surface area contributed by atoms with E-state index in [4.69, 9.17) is 0 Å². The van der Waals surface area contributed by atoms with Gasteiger partial charge in [-0.2, -0.15) is 0 Å². The molecule has 1 aliphatic heterocycles. The minimum absolute atomic E-state index is 0.176. The number of thioether (sulfide) groups is 1. The summed E-state index contributed by atoms with van der Waals surface area (Å²) in [6.07, 6.45) is 1.76. The largest absolute Gasteiger partial charge is 0.478 e. The third kappa shape index (κ3) is 5.97. The lowest BCUT2D eigenvalue weighted by Crippen LogP contribution is -2.33. The van der Waals surface area contributed by atoms with Crippen LogP contribution < -0.4 is 10.2 Å². The number of amides is 2. The standard InChI is InChI=1S/C33H24N4O4S2/c1-20(43-33-36-29(18-24-10-7-17-42-24)31(39)37(33)23-8-3-2-4-9-23)30(38)34-22-15-13-21(14-16-22)28-19-26(32(40)41)25-11-5-6-12-27(25)35-28/h2-20H,1H3,(H,34,38)(H,40,41)/b29-18-. The van der Waals surface area contributed by atoms with E-state index in [2.05, 4.69) is 15.3 Å². The van der Waals surface area contributed by atoms with Gasteiger partial charge in [0.25, 0.3) is 5.91 Å². The third-order valence-corrected chi connectivity index (χ3v) is 8.58. The number of carbonyl (C=O) groups excluding carboxylic acids is 2. The van der Waals surface area contributed by atoms with E-state index in [-0.39, 0.29) is 17.4 Å². The van der Waals surface area contributed by atoms with Gasteiger partial charge in [-0.15, -0.1) is 11.3 Å². The molecule has 3 aromatic carbocycles. The van der Waals surface area contributed by atoms with E-state index in [0.717, 1.165) is 10.4 Å². The summed E-state index contributed by atoms with van der Waals surface area (Å²) in [4.78, 5) is 50.1. The molecule has 3 heterocycles. The van der Waals surface area contributed by atoms with E-state index in [1.165, 1.54) is 28.0 Å². The molecule has 10 heteroatoms. The van der Waals surface area contributed by atoms with Gasteiger partial charge < -0.3 is 10.4 Å². The van der Waals surface area contributed by atoms with Gasteiger partial charge in [0.15, 0.2) is 5.17 Å². The number of aromatic carboxylic acids is 1. The zero-order valence-corrected chi connectivity index (χ0v) is 24.4. The van der Waals surface area contributed by atoms with Crippen molar-refractivity contribution in [2.75, 3.05) is 10.2 Å². The summed E-state index contributed by atoms with van der Waals surface area (Å²) >= 11 is 2.72. The molecule has 0 saturated carbocycles. The van der Waals surface area contributed by atoms with Crippen molar-refractivity contribution < 1.29 is 19.5 Å². The molecule has 0 radical (unpaired) electrons. The number of aromatic nitrogens is 1. The average Bonchev–Trinajstić information content (AvgIpc) is 3.64. The van der Waals surface area contributed by atoms with Gasteiger partial charge in [0.05, 0.1) is 27.7 Å². The Morgan fingerprint density at radius 3 is 2.44 bits per heavy atom. The molecule has 1 atom stereocenters. The molecule has 43 heavy (non-hydrogen) atoms. The van der Waals surface area contributed by atoms with Crippen molar-refractivity contribution in [1.82, 2.24) is 4.98 Å². The number of carbonyl (C=O) groups is 3. The lowest BCUT2D eigenvalue weighted by atomic mass is 10.0. The second-order valence-corrected chi connectivity index (χ2v) is 11.9. The number of nitrogens with one attached hydrogen (secondary N) is 1. The van der Waals surface area contributed by atoms with Crippen molar-refractivity contribution in [3.63, 3.8) is 0 Å².